The first-order valence-corrected chi connectivity index (χ1v) is 5.88. The first-order valence-electron chi connectivity index (χ1n) is 5.88. The maximum absolute atomic E-state index is 12.1. The van der Waals surface area contributed by atoms with Crippen LogP contribution < -0.4 is 5.56 Å². The highest BCUT2D eigenvalue weighted by molar-refractivity contribution is 5.76. The van der Waals surface area contributed by atoms with Gasteiger partial charge in [-0.1, -0.05) is 12.1 Å². The zero-order chi connectivity index (χ0) is 12.1. The van der Waals surface area contributed by atoms with E-state index in [1.165, 1.54) is 0 Å². The number of hydrogen-bond acceptors (Lipinski definition) is 3. The Labute approximate surface area is 99.5 Å². The zero-order valence-electron chi connectivity index (χ0n) is 9.67. The number of hydrogen-bond donors (Lipinski definition) is 1. The van der Waals surface area contributed by atoms with Gasteiger partial charge in [-0.2, -0.15) is 0 Å². The molecule has 0 saturated heterocycles. The van der Waals surface area contributed by atoms with Gasteiger partial charge in [0.15, 0.2) is 0 Å². The van der Waals surface area contributed by atoms with Crippen LogP contribution >= 0.6 is 0 Å². The van der Waals surface area contributed by atoms with E-state index in [2.05, 4.69) is 4.98 Å². The van der Waals surface area contributed by atoms with Crippen LogP contribution in [0.1, 0.15) is 19.3 Å². The van der Waals surface area contributed by atoms with Crippen LogP contribution in [0, 0.1) is 0 Å². The quantitative estimate of drug-likeness (QED) is 0.796. The molecule has 0 aliphatic heterocycles. The van der Waals surface area contributed by atoms with Crippen LogP contribution in [0.15, 0.2) is 35.4 Å². The van der Waals surface area contributed by atoms with E-state index in [4.69, 9.17) is 5.11 Å². The smallest absolute Gasteiger partial charge is 0.261 e. The molecule has 1 aromatic heterocycles. The largest absolute Gasteiger partial charge is 0.396 e. The van der Waals surface area contributed by atoms with Crippen molar-refractivity contribution in [2.75, 3.05) is 6.61 Å². The summed E-state index contributed by atoms with van der Waals surface area (Å²) >= 11 is 0. The SMILES string of the molecule is O=c1c2ccccc2ncn1CCCCCO. The predicted molar refractivity (Wildman–Crippen MR) is 66.9 cm³/mol. The first kappa shape index (κ1) is 11.8. The van der Waals surface area contributed by atoms with Crippen molar-refractivity contribution in [1.29, 1.82) is 0 Å². The average Bonchev–Trinajstić information content (AvgIpc) is 2.37. The van der Waals surface area contributed by atoms with Crippen LogP contribution in [-0.2, 0) is 6.54 Å². The molecule has 0 spiro atoms. The molecule has 0 bridgehead atoms. The second-order valence-corrected chi connectivity index (χ2v) is 4.04. The van der Waals surface area contributed by atoms with Crippen molar-refractivity contribution in [2.24, 2.45) is 0 Å². The molecule has 4 nitrogen and oxygen atoms in total. The Balaban J connectivity index is 2.18. The molecule has 2 aromatic rings. The minimum atomic E-state index is 0.0135. The van der Waals surface area contributed by atoms with Crippen molar-refractivity contribution in [1.82, 2.24) is 9.55 Å². The molecule has 0 saturated carbocycles. The summed E-state index contributed by atoms with van der Waals surface area (Å²) < 4.78 is 1.64. The third-order valence-corrected chi connectivity index (χ3v) is 2.79. The van der Waals surface area contributed by atoms with E-state index in [-0.39, 0.29) is 12.2 Å². The number of nitrogens with zero attached hydrogens (tertiary/aromatic N) is 2. The van der Waals surface area contributed by atoms with Crippen LogP contribution in [-0.4, -0.2) is 21.3 Å². The molecule has 0 fully saturated rings. The van der Waals surface area contributed by atoms with Crippen LogP contribution in [0.25, 0.3) is 10.9 Å². The fourth-order valence-corrected chi connectivity index (χ4v) is 1.84. The van der Waals surface area contributed by atoms with E-state index in [0.29, 0.717) is 11.9 Å². The molecule has 1 aromatic carbocycles. The lowest BCUT2D eigenvalue weighted by Gasteiger charge is -2.05. The molecular formula is C13H16N2O2. The Morgan fingerprint density at radius 1 is 1.18 bits per heavy atom. The Bertz CT molecular complexity index is 548. The number of unbranched alkanes of at least 4 members (excludes halogenated alkanes) is 2. The Kier molecular flexibility index (Phi) is 3.88. The summed E-state index contributed by atoms with van der Waals surface area (Å²) in [6, 6.07) is 7.36. The molecule has 1 N–H and O–H groups in total. The summed E-state index contributed by atoms with van der Waals surface area (Å²) in [5.74, 6) is 0. The fourth-order valence-electron chi connectivity index (χ4n) is 1.84. The first-order chi connectivity index (χ1) is 8.33. The van der Waals surface area contributed by atoms with Gasteiger partial charge in [-0.3, -0.25) is 9.36 Å². The summed E-state index contributed by atoms with van der Waals surface area (Å²) in [4.78, 5) is 16.3. The van der Waals surface area contributed by atoms with Crippen LogP contribution in [0.4, 0.5) is 0 Å². The topological polar surface area (TPSA) is 55.1 Å². The van der Waals surface area contributed by atoms with Gasteiger partial charge in [0.1, 0.15) is 0 Å². The second-order valence-electron chi connectivity index (χ2n) is 4.04. The van der Waals surface area contributed by atoms with Crippen LogP contribution in [0.3, 0.4) is 0 Å². The second kappa shape index (κ2) is 5.59. The highest BCUT2D eigenvalue weighted by atomic mass is 16.2. The number of para-hydroxylation sites is 1. The summed E-state index contributed by atoms with van der Waals surface area (Å²) in [6.45, 7) is 0.877. The molecule has 0 aliphatic rings. The van der Waals surface area contributed by atoms with E-state index in [9.17, 15) is 4.79 Å². The summed E-state index contributed by atoms with van der Waals surface area (Å²) in [7, 11) is 0. The standard InChI is InChI=1S/C13H16N2O2/c16-9-5-1-4-8-15-10-14-12-7-3-2-6-11(12)13(15)17/h2-3,6-7,10,16H,1,4-5,8-9H2. The van der Waals surface area contributed by atoms with Crippen molar-refractivity contribution in [3.05, 3.63) is 40.9 Å². The van der Waals surface area contributed by atoms with Gasteiger partial charge in [0.2, 0.25) is 0 Å². The van der Waals surface area contributed by atoms with Gasteiger partial charge in [0, 0.05) is 13.2 Å². The lowest BCUT2D eigenvalue weighted by Crippen LogP contribution is -2.20. The molecule has 0 radical (unpaired) electrons. The number of aryl methyl sites for hydroxylation is 1. The van der Waals surface area contributed by atoms with Gasteiger partial charge < -0.3 is 5.11 Å². The molecule has 0 amide bonds. The van der Waals surface area contributed by atoms with Gasteiger partial charge in [0.05, 0.1) is 17.2 Å². The fraction of sp³-hybridized carbons (Fsp3) is 0.385. The molecule has 0 atom stereocenters. The number of aromatic nitrogens is 2. The van der Waals surface area contributed by atoms with Crippen molar-refractivity contribution >= 4 is 10.9 Å². The van der Waals surface area contributed by atoms with Crippen molar-refractivity contribution in [2.45, 2.75) is 25.8 Å². The lowest BCUT2D eigenvalue weighted by molar-refractivity contribution is 0.281. The summed E-state index contributed by atoms with van der Waals surface area (Å²) in [5, 5.41) is 9.34. The Morgan fingerprint density at radius 2 is 2.00 bits per heavy atom. The third kappa shape index (κ3) is 2.71. The molecule has 0 aliphatic carbocycles. The van der Waals surface area contributed by atoms with Gasteiger partial charge in [0.25, 0.3) is 5.56 Å². The molecule has 2 rings (SSSR count). The highest BCUT2D eigenvalue weighted by Crippen LogP contribution is 2.05. The third-order valence-electron chi connectivity index (χ3n) is 2.79. The maximum atomic E-state index is 12.1. The van der Waals surface area contributed by atoms with E-state index >= 15 is 0 Å². The zero-order valence-corrected chi connectivity index (χ0v) is 9.67. The van der Waals surface area contributed by atoms with Gasteiger partial charge in [-0.05, 0) is 31.4 Å². The Morgan fingerprint density at radius 3 is 2.82 bits per heavy atom. The van der Waals surface area contributed by atoms with Crippen LogP contribution in [0.2, 0.25) is 0 Å². The summed E-state index contributed by atoms with van der Waals surface area (Å²) in [6.07, 6.45) is 4.20. The average molecular weight is 232 g/mol. The van der Waals surface area contributed by atoms with E-state index < -0.39 is 0 Å². The molecule has 17 heavy (non-hydrogen) atoms. The van der Waals surface area contributed by atoms with Gasteiger partial charge in [-0.15, -0.1) is 0 Å². The van der Waals surface area contributed by atoms with Gasteiger partial charge >= 0.3 is 0 Å². The normalized spacial score (nSPS) is 10.9. The van der Waals surface area contributed by atoms with E-state index in [1.807, 2.05) is 18.2 Å². The van der Waals surface area contributed by atoms with Gasteiger partial charge in [-0.25, -0.2) is 4.98 Å². The number of fused-ring (bicyclic) bond motifs is 1. The number of rotatable bonds is 5. The number of benzene rings is 1. The maximum Gasteiger partial charge on any atom is 0.261 e. The lowest BCUT2D eigenvalue weighted by atomic mass is 10.2. The molecule has 90 valence electrons. The van der Waals surface area contributed by atoms with Crippen molar-refractivity contribution in [3.8, 4) is 0 Å². The highest BCUT2D eigenvalue weighted by Gasteiger charge is 2.02. The monoisotopic (exact) mass is 232 g/mol. The molecule has 0 unspecified atom stereocenters. The molecule has 4 heteroatoms. The Hall–Kier alpha value is -1.68. The van der Waals surface area contributed by atoms with Crippen molar-refractivity contribution in [3.63, 3.8) is 0 Å². The van der Waals surface area contributed by atoms with E-state index in [1.54, 1.807) is 17.0 Å². The number of aliphatic hydroxyl groups excluding tert-OH is 1. The van der Waals surface area contributed by atoms with E-state index in [0.717, 1.165) is 24.8 Å². The predicted octanol–water partition coefficient (Wildman–Crippen LogP) is 1.56. The van der Waals surface area contributed by atoms with Crippen molar-refractivity contribution < 1.29 is 5.11 Å². The minimum absolute atomic E-state index is 0.0135. The summed E-state index contributed by atoms with van der Waals surface area (Å²) in [5.41, 5.74) is 0.753. The number of aliphatic hydroxyl groups is 1. The minimum Gasteiger partial charge on any atom is -0.396 e. The molecule has 1 heterocycles. The molecular weight excluding hydrogens is 216 g/mol. The van der Waals surface area contributed by atoms with Crippen LogP contribution in [0.5, 0.6) is 0 Å².